The molecule has 0 aromatic heterocycles. The number of hydrazone groups is 1. The third kappa shape index (κ3) is 7.58. The monoisotopic (exact) mass is 562 g/mol. The van der Waals surface area contributed by atoms with Crippen molar-refractivity contribution in [2.24, 2.45) is 5.10 Å². The second-order valence-corrected chi connectivity index (χ2v) is 8.37. The highest BCUT2D eigenvalue weighted by Crippen LogP contribution is 2.29. The largest absolute Gasteiger partial charge is 0.484 e. The van der Waals surface area contributed by atoms with Crippen LogP contribution in [0.5, 0.6) is 5.75 Å². The van der Waals surface area contributed by atoms with Crippen LogP contribution in [0.1, 0.15) is 5.56 Å². The standard InChI is InChI=1S/C23H17BrCl2N4O4/c24-15-7-9-16(10-8-15)28-20(31)13-34-17-4-1-3-14(11-17)12-27-30-23(33)22(32)29-19-6-2-5-18(25)21(19)26/h1-12H,13H2,(H,28,31)(H,29,32)(H,30,33)/b27-12-. The molecule has 0 aliphatic heterocycles. The number of ether oxygens (including phenoxy) is 1. The van der Waals surface area contributed by atoms with Crippen LogP contribution in [-0.4, -0.2) is 30.5 Å². The van der Waals surface area contributed by atoms with Gasteiger partial charge in [0.05, 0.1) is 21.9 Å². The summed E-state index contributed by atoms with van der Waals surface area (Å²) in [6.07, 6.45) is 1.33. The number of nitrogens with one attached hydrogen (secondary N) is 3. The summed E-state index contributed by atoms with van der Waals surface area (Å²) in [4.78, 5) is 36.0. The second kappa shape index (κ2) is 12.2. The van der Waals surface area contributed by atoms with Gasteiger partial charge in [-0.2, -0.15) is 5.10 Å². The van der Waals surface area contributed by atoms with Gasteiger partial charge < -0.3 is 15.4 Å². The molecule has 0 saturated heterocycles. The molecule has 3 rings (SSSR count). The molecule has 0 aliphatic carbocycles. The summed E-state index contributed by atoms with van der Waals surface area (Å²) in [5.41, 5.74) is 3.54. The molecule has 0 spiro atoms. The van der Waals surface area contributed by atoms with E-state index in [1.165, 1.54) is 12.3 Å². The number of carbonyl (C=O) groups excluding carboxylic acids is 3. The second-order valence-electron chi connectivity index (χ2n) is 6.67. The fourth-order valence-electron chi connectivity index (χ4n) is 2.56. The van der Waals surface area contributed by atoms with Crippen LogP contribution in [0, 0.1) is 0 Å². The minimum atomic E-state index is -0.996. The maximum absolute atomic E-state index is 12.1. The maximum Gasteiger partial charge on any atom is 0.329 e. The summed E-state index contributed by atoms with van der Waals surface area (Å²) in [5, 5.41) is 9.20. The molecule has 174 valence electrons. The fraction of sp³-hybridized carbons (Fsp3) is 0.0435. The van der Waals surface area contributed by atoms with E-state index in [0.29, 0.717) is 17.0 Å². The molecule has 0 radical (unpaired) electrons. The average Bonchev–Trinajstić information content (AvgIpc) is 2.82. The number of nitrogens with zero attached hydrogens (tertiary/aromatic N) is 1. The minimum Gasteiger partial charge on any atom is -0.484 e. The number of benzene rings is 3. The Kier molecular flexibility index (Phi) is 9.03. The molecule has 0 heterocycles. The number of carbonyl (C=O) groups is 3. The van der Waals surface area contributed by atoms with Crippen molar-refractivity contribution in [1.82, 2.24) is 5.43 Å². The molecule has 0 atom stereocenters. The molecule has 3 amide bonds. The van der Waals surface area contributed by atoms with E-state index >= 15 is 0 Å². The van der Waals surface area contributed by atoms with Gasteiger partial charge in [-0.25, -0.2) is 5.43 Å². The van der Waals surface area contributed by atoms with E-state index in [9.17, 15) is 14.4 Å². The van der Waals surface area contributed by atoms with Crippen molar-refractivity contribution < 1.29 is 19.1 Å². The summed E-state index contributed by atoms with van der Waals surface area (Å²) in [6, 6.07) is 18.5. The van der Waals surface area contributed by atoms with Gasteiger partial charge in [0.2, 0.25) is 0 Å². The zero-order valence-electron chi connectivity index (χ0n) is 17.3. The van der Waals surface area contributed by atoms with E-state index in [2.05, 4.69) is 37.1 Å². The Morgan fingerprint density at radius 1 is 0.941 bits per heavy atom. The molecule has 0 aliphatic rings. The van der Waals surface area contributed by atoms with Crippen molar-refractivity contribution in [3.05, 3.63) is 86.8 Å². The lowest BCUT2D eigenvalue weighted by atomic mass is 10.2. The molecular formula is C23H17BrCl2N4O4. The van der Waals surface area contributed by atoms with Gasteiger partial charge in [-0.05, 0) is 54.1 Å². The topological polar surface area (TPSA) is 109 Å². The zero-order valence-corrected chi connectivity index (χ0v) is 20.4. The Balaban J connectivity index is 1.49. The minimum absolute atomic E-state index is 0.121. The SMILES string of the molecule is O=C(COc1cccc(/C=N\NC(=O)C(=O)Nc2cccc(Cl)c2Cl)c1)Nc1ccc(Br)cc1. The number of amides is 3. The number of halogens is 3. The van der Waals surface area contributed by atoms with Crippen molar-refractivity contribution in [1.29, 1.82) is 0 Å². The summed E-state index contributed by atoms with van der Waals surface area (Å²) in [5.74, 6) is -1.85. The van der Waals surface area contributed by atoms with Crippen LogP contribution >= 0.6 is 39.1 Å². The van der Waals surface area contributed by atoms with Crippen molar-refractivity contribution in [2.75, 3.05) is 17.2 Å². The summed E-state index contributed by atoms with van der Waals surface area (Å²) in [6.45, 7) is -0.195. The quantitative estimate of drug-likeness (QED) is 0.216. The van der Waals surface area contributed by atoms with Crippen LogP contribution in [0.4, 0.5) is 11.4 Å². The average molecular weight is 564 g/mol. The lowest BCUT2D eigenvalue weighted by molar-refractivity contribution is -0.136. The molecule has 0 fully saturated rings. The van der Waals surface area contributed by atoms with Crippen LogP contribution in [0.2, 0.25) is 10.0 Å². The molecule has 3 aromatic carbocycles. The first-order valence-corrected chi connectivity index (χ1v) is 11.2. The fourth-order valence-corrected chi connectivity index (χ4v) is 3.17. The molecule has 0 bridgehead atoms. The van der Waals surface area contributed by atoms with Crippen molar-refractivity contribution in [3.63, 3.8) is 0 Å². The van der Waals surface area contributed by atoms with E-state index in [1.807, 2.05) is 12.1 Å². The third-order valence-electron chi connectivity index (χ3n) is 4.14. The van der Waals surface area contributed by atoms with Gasteiger partial charge in [-0.15, -0.1) is 0 Å². The number of anilines is 2. The number of rotatable bonds is 7. The van der Waals surface area contributed by atoms with Gasteiger partial charge in [0.15, 0.2) is 6.61 Å². The molecule has 3 N–H and O–H groups in total. The van der Waals surface area contributed by atoms with Gasteiger partial charge in [-0.1, -0.05) is 57.3 Å². The van der Waals surface area contributed by atoms with Crippen LogP contribution in [0.25, 0.3) is 0 Å². The first-order valence-electron chi connectivity index (χ1n) is 9.68. The highest BCUT2D eigenvalue weighted by Gasteiger charge is 2.15. The van der Waals surface area contributed by atoms with E-state index in [0.717, 1.165) is 4.47 Å². The first kappa shape index (κ1) is 25.2. The van der Waals surface area contributed by atoms with Gasteiger partial charge >= 0.3 is 11.8 Å². The number of hydrogen-bond donors (Lipinski definition) is 3. The van der Waals surface area contributed by atoms with Gasteiger partial charge in [0.1, 0.15) is 5.75 Å². The Morgan fingerprint density at radius 2 is 1.68 bits per heavy atom. The van der Waals surface area contributed by atoms with Crippen molar-refractivity contribution >= 4 is 74.4 Å². The molecule has 8 nitrogen and oxygen atoms in total. The van der Waals surface area contributed by atoms with E-state index in [1.54, 1.807) is 48.5 Å². The first-order chi connectivity index (χ1) is 16.3. The van der Waals surface area contributed by atoms with Crippen LogP contribution in [-0.2, 0) is 14.4 Å². The highest BCUT2D eigenvalue weighted by atomic mass is 79.9. The molecular weight excluding hydrogens is 547 g/mol. The van der Waals surface area contributed by atoms with Crippen LogP contribution in [0.3, 0.4) is 0 Å². The summed E-state index contributed by atoms with van der Waals surface area (Å²) >= 11 is 15.2. The Hall–Kier alpha value is -3.40. The van der Waals surface area contributed by atoms with Crippen LogP contribution < -0.4 is 20.8 Å². The third-order valence-corrected chi connectivity index (χ3v) is 5.49. The molecule has 0 saturated carbocycles. The molecule has 34 heavy (non-hydrogen) atoms. The Bertz CT molecular complexity index is 1240. The van der Waals surface area contributed by atoms with Crippen molar-refractivity contribution in [3.8, 4) is 5.75 Å². The zero-order chi connectivity index (χ0) is 24.5. The molecule has 11 heteroatoms. The normalized spacial score (nSPS) is 10.6. The van der Waals surface area contributed by atoms with Gasteiger partial charge in [-0.3, -0.25) is 14.4 Å². The number of hydrogen-bond acceptors (Lipinski definition) is 5. The van der Waals surface area contributed by atoms with Gasteiger partial charge in [0.25, 0.3) is 5.91 Å². The van der Waals surface area contributed by atoms with Crippen LogP contribution in [0.15, 0.2) is 76.3 Å². The van der Waals surface area contributed by atoms with E-state index in [-0.39, 0.29) is 28.2 Å². The summed E-state index contributed by atoms with van der Waals surface area (Å²) in [7, 11) is 0. The molecule has 3 aromatic rings. The van der Waals surface area contributed by atoms with E-state index < -0.39 is 11.8 Å². The highest BCUT2D eigenvalue weighted by molar-refractivity contribution is 9.10. The smallest absolute Gasteiger partial charge is 0.329 e. The lowest BCUT2D eigenvalue weighted by Crippen LogP contribution is -2.32. The summed E-state index contributed by atoms with van der Waals surface area (Å²) < 4.78 is 6.40. The maximum atomic E-state index is 12.1. The van der Waals surface area contributed by atoms with E-state index in [4.69, 9.17) is 27.9 Å². The van der Waals surface area contributed by atoms with Crippen molar-refractivity contribution in [2.45, 2.75) is 0 Å². The predicted molar refractivity (Wildman–Crippen MR) is 136 cm³/mol. The predicted octanol–water partition coefficient (Wildman–Crippen LogP) is 4.86. The lowest BCUT2D eigenvalue weighted by Gasteiger charge is -2.08. The molecule has 0 unspecified atom stereocenters. The Labute approximate surface area is 213 Å². The Morgan fingerprint density at radius 3 is 2.44 bits per heavy atom. The van der Waals surface area contributed by atoms with Gasteiger partial charge in [0, 0.05) is 10.2 Å².